The van der Waals surface area contributed by atoms with E-state index in [4.69, 9.17) is 4.42 Å². The summed E-state index contributed by atoms with van der Waals surface area (Å²) in [7, 11) is 0. The van der Waals surface area contributed by atoms with Crippen molar-refractivity contribution in [2.45, 2.75) is 40.0 Å². The van der Waals surface area contributed by atoms with Crippen LogP contribution in [0, 0.1) is 12.8 Å². The van der Waals surface area contributed by atoms with Gasteiger partial charge in [-0.15, -0.1) is 0 Å². The van der Waals surface area contributed by atoms with E-state index in [2.05, 4.69) is 13.8 Å². The molecule has 14 heavy (non-hydrogen) atoms. The fourth-order valence-corrected chi connectivity index (χ4v) is 1.38. The lowest BCUT2D eigenvalue weighted by molar-refractivity contribution is 0.0950. The highest BCUT2D eigenvalue weighted by Gasteiger charge is 2.09. The van der Waals surface area contributed by atoms with Gasteiger partial charge in [0.2, 0.25) is 0 Å². The van der Waals surface area contributed by atoms with Crippen molar-refractivity contribution in [2.24, 2.45) is 5.92 Å². The van der Waals surface area contributed by atoms with Crippen molar-refractivity contribution in [1.82, 2.24) is 0 Å². The van der Waals surface area contributed by atoms with Crippen molar-refractivity contribution >= 4 is 5.78 Å². The largest absolute Gasteiger partial charge is 0.458 e. The quantitative estimate of drug-likeness (QED) is 0.670. The summed E-state index contributed by atoms with van der Waals surface area (Å²) in [6.07, 6.45) is 2.66. The number of hydrogen-bond acceptors (Lipinski definition) is 2. The Morgan fingerprint density at radius 1 is 1.43 bits per heavy atom. The highest BCUT2D eigenvalue weighted by atomic mass is 16.3. The third kappa shape index (κ3) is 3.36. The molecule has 0 atom stereocenters. The van der Waals surface area contributed by atoms with Crippen LogP contribution < -0.4 is 0 Å². The van der Waals surface area contributed by atoms with Gasteiger partial charge in [0.25, 0.3) is 0 Å². The molecule has 1 heterocycles. The molecule has 0 spiro atoms. The van der Waals surface area contributed by atoms with Gasteiger partial charge < -0.3 is 4.42 Å². The Hall–Kier alpha value is -1.05. The van der Waals surface area contributed by atoms with Gasteiger partial charge in [-0.25, -0.2) is 0 Å². The zero-order chi connectivity index (χ0) is 10.6. The summed E-state index contributed by atoms with van der Waals surface area (Å²) >= 11 is 0. The molecule has 0 bridgehead atoms. The molecule has 0 aliphatic carbocycles. The molecule has 1 rings (SSSR count). The van der Waals surface area contributed by atoms with Gasteiger partial charge >= 0.3 is 0 Å². The molecule has 78 valence electrons. The van der Waals surface area contributed by atoms with Gasteiger partial charge in [-0.05, 0) is 31.4 Å². The average molecular weight is 194 g/mol. The zero-order valence-corrected chi connectivity index (χ0v) is 9.17. The molecule has 0 saturated carbocycles. The lowest BCUT2D eigenvalue weighted by Gasteiger charge is -2.02. The predicted molar refractivity (Wildman–Crippen MR) is 56.5 cm³/mol. The molecule has 0 aromatic carbocycles. The van der Waals surface area contributed by atoms with Crippen LogP contribution in [0.25, 0.3) is 0 Å². The summed E-state index contributed by atoms with van der Waals surface area (Å²) in [5.74, 6) is 2.10. The van der Waals surface area contributed by atoms with Crippen LogP contribution in [0.15, 0.2) is 16.5 Å². The summed E-state index contributed by atoms with van der Waals surface area (Å²) in [4.78, 5) is 11.5. The standard InChI is InChI=1S/C12H18O2/c1-9(2)5-4-6-11(13)12-8-7-10(3)14-12/h7-9H,4-6H2,1-3H3. The highest BCUT2D eigenvalue weighted by Crippen LogP contribution is 2.13. The Morgan fingerprint density at radius 3 is 2.64 bits per heavy atom. The van der Waals surface area contributed by atoms with Crippen LogP contribution in [0.1, 0.15) is 49.4 Å². The topological polar surface area (TPSA) is 30.2 Å². The van der Waals surface area contributed by atoms with Crippen LogP contribution in [0.3, 0.4) is 0 Å². The number of furan rings is 1. The Bertz CT molecular complexity index is 297. The van der Waals surface area contributed by atoms with Crippen molar-refractivity contribution in [1.29, 1.82) is 0 Å². The van der Waals surface area contributed by atoms with Gasteiger partial charge in [0.05, 0.1) is 0 Å². The Morgan fingerprint density at radius 2 is 2.14 bits per heavy atom. The molecule has 0 amide bonds. The molecule has 0 unspecified atom stereocenters. The third-order valence-corrected chi connectivity index (χ3v) is 2.20. The van der Waals surface area contributed by atoms with E-state index in [1.165, 1.54) is 0 Å². The number of hydrogen-bond donors (Lipinski definition) is 0. The van der Waals surface area contributed by atoms with Crippen LogP contribution >= 0.6 is 0 Å². The van der Waals surface area contributed by atoms with Gasteiger partial charge in [-0.1, -0.05) is 20.3 Å². The first-order chi connectivity index (χ1) is 6.59. The fourth-order valence-electron chi connectivity index (χ4n) is 1.38. The van der Waals surface area contributed by atoms with Crippen molar-refractivity contribution in [3.63, 3.8) is 0 Å². The molecule has 1 aromatic rings. The smallest absolute Gasteiger partial charge is 0.197 e. The van der Waals surface area contributed by atoms with Gasteiger partial charge in [0.1, 0.15) is 5.76 Å². The Labute approximate surface area is 85.3 Å². The minimum atomic E-state index is 0.124. The van der Waals surface area contributed by atoms with Crippen molar-refractivity contribution in [3.8, 4) is 0 Å². The monoisotopic (exact) mass is 194 g/mol. The van der Waals surface area contributed by atoms with E-state index < -0.39 is 0 Å². The number of Topliss-reactive ketones (excluding diaryl/α,β-unsaturated/α-hetero) is 1. The second kappa shape index (κ2) is 4.99. The van der Waals surface area contributed by atoms with Crippen LogP contribution in [0.5, 0.6) is 0 Å². The summed E-state index contributed by atoms with van der Waals surface area (Å²) in [6.45, 7) is 6.19. The first-order valence-electron chi connectivity index (χ1n) is 5.19. The molecule has 0 fully saturated rings. The molecule has 1 aromatic heterocycles. The fraction of sp³-hybridized carbons (Fsp3) is 0.583. The molecule has 0 aliphatic heterocycles. The van der Waals surface area contributed by atoms with Crippen LogP contribution in [0.2, 0.25) is 0 Å². The Balaban J connectivity index is 2.36. The second-order valence-electron chi connectivity index (χ2n) is 4.12. The molecule has 0 N–H and O–H groups in total. The minimum absolute atomic E-state index is 0.124. The summed E-state index contributed by atoms with van der Waals surface area (Å²) in [5.41, 5.74) is 0. The number of rotatable bonds is 5. The summed E-state index contributed by atoms with van der Waals surface area (Å²) < 4.78 is 5.25. The summed E-state index contributed by atoms with van der Waals surface area (Å²) in [6, 6.07) is 3.59. The third-order valence-electron chi connectivity index (χ3n) is 2.20. The minimum Gasteiger partial charge on any atom is -0.458 e. The molecule has 0 radical (unpaired) electrons. The number of ketones is 1. The SMILES string of the molecule is Cc1ccc(C(=O)CCCC(C)C)o1. The average Bonchev–Trinajstić information content (AvgIpc) is 2.51. The van der Waals surface area contributed by atoms with Gasteiger partial charge in [-0.3, -0.25) is 4.79 Å². The van der Waals surface area contributed by atoms with E-state index in [1.54, 1.807) is 6.07 Å². The number of carbonyl (C=O) groups is 1. The number of aryl methyl sites for hydroxylation is 1. The lowest BCUT2D eigenvalue weighted by Crippen LogP contribution is -1.98. The van der Waals surface area contributed by atoms with Crippen molar-refractivity contribution < 1.29 is 9.21 Å². The van der Waals surface area contributed by atoms with E-state index in [1.807, 2.05) is 13.0 Å². The van der Waals surface area contributed by atoms with E-state index in [9.17, 15) is 4.79 Å². The number of carbonyl (C=O) groups excluding carboxylic acids is 1. The maximum Gasteiger partial charge on any atom is 0.197 e. The van der Waals surface area contributed by atoms with Crippen LogP contribution in [-0.2, 0) is 0 Å². The van der Waals surface area contributed by atoms with Gasteiger partial charge in [-0.2, -0.15) is 0 Å². The van der Waals surface area contributed by atoms with E-state index in [-0.39, 0.29) is 5.78 Å². The van der Waals surface area contributed by atoms with Crippen molar-refractivity contribution in [3.05, 3.63) is 23.7 Å². The molecular weight excluding hydrogens is 176 g/mol. The predicted octanol–water partition coefficient (Wildman–Crippen LogP) is 3.60. The van der Waals surface area contributed by atoms with Crippen LogP contribution in [0.4, 0.5) is 0 Å². The normalized spacial score (nSPS) is 10.9. The molecule has 0 saturated heterocycles. The van der Waals surface area contributed by atoms with Crippen LogP contribution in [-0.4, -0.2) is 5.78 Å². The first-order valence-corrected chi connectivity index (χ1v) is 5.19. The Kier molecular flexibility index (Phi) is 3.93. The first kappa shape index (κ1) is 11.0. The van der Waals surface area contributed by atoms with E-state index >= 15 is 0 Å². The van der Waals surface area contributed by atoms with E-state index in [0.29, 0.717) is 18.1 Å². The van der Waals surface area contributed by atoms with Gasteiger partial charge in [0, 0.05) is 6.42 Å². The lowest BCUT2D eigenvalue weighted by atomic mass is 10.0. The summed E-state index contributed by atoms with van der Waals surface area (Å²) in [5, 5.41) is 0. The second-order valence-corrected chi connectivity index (χ2v) is 4.12. The zero-order valence-electron chi connectivity index (χ0n) is 9.17. The molecule has 2 heteroatoms. The maximum absolute atomic E-state index is 11.5. The van der Waals surface area contributed by atoms with E-state index in [0.717, 1.165) is 18.6 Å². The molecule has 0 aliphatic rings. The highest BCUT2D eigenvalue weighted by molar-refractivity contribution is 5.93. The van der Waals surface area contributed by atoms with Gasteiger partial charge in [0.15, 0.2) is 11.5 Å². The molecule has 2 nitrogen and oxygen atoms in total. The molecular formula is C12H18O2. The van der Waals surface area contributed by atoms with Crippen molar-refractivity contribution in [2.75, 3.05) is 0 Å². The maximum atomic E-state index is 11.5.